The highest BCUT2D eigenvalue weighted by molar-refractivity contribution is 6.04. The van der Waals surface area contributed by atoms with Gasteiger partial charge < -0.3 is 9.47 Å². The molecule has 4 nitrogen and oxygen atoms in total. The largest absolute Gasteiger partial charge is 0.497 e. The van der Waals surface area contributed by atoms with Crippen molar-refractivity contribution < 1.29 is 9.47 Å². The maximum Gasteiger partial charge on any atom is 0.138 e. The van der Waals surface area contributed by atoms with Gasteiger partial charge in [-0.25, -0.2) is 0 Å². The molecule has 0 amide bonds. The van der Waals surface area contributed by atoms with Gasteiger partial charge in [0.1, 0.15) is 29.2 Å². The summed E-state index contributed by atoms with van der Waals surface area (Å²) in [6.45, 7) is 0. The SMILES string of the molecule is COc1ccc(C(=C(c2ccccc2)c2ccc(-c3ccc(C(=C(C#N)C#N)c4ccccc4)cc3)cc2)c2ccc(OC)cc2)cc1. The van der Waals surface area contributed by atoms with Crippen LogP contribution < -0.4 is 9.47 Å². The molecular formula is C44H32N2O2. The number of hydrogen-bond acceptors (Lipinski definition) is 4. The van der Waals surface area contributed by atoms with Crippen molar-refractivity contribution in [1.82, 2.24) is 0 Å². The Balaban J connectivity index is 1.45. The molecule has 0 saturated heterocycles. The topological polar surface area (TPSA) is 66.0 Å². The van der Waals surface area contributed by atoms with Gasteiger partial charge in [0.05, 0.1) is 14.2 Å². The molecule has 0 N–H and O–H groups in total. The number of hydrogen-bond donors (Lipinski definition) is 0. The number of rotatable bonds is 9. The molecule has 6 aromatic rings. The molecule has 0 heterocycles. The highest BCUT2D eigenvalue weighted by atomic mass is 16.5. The predicted octanol–water partition coefficient (Wildman–Crippen LogP) is 10.2. The van der Waals surface area contributed by atoms with Crippen LogP contribution in [0.1, 0.15) is 33.4 Å². The number of nitrogens with zero attached hydrogens (tertiary/aromatic N) is 2. The molecule has 230 valence electrons. The third kappa shape index (κ3) is 6.65. The molecular weight excluding hydrogens is 588 g/mol. The van der Waals surface area contributed by atoms with E-state index in [-0.39, 0.29) is 5.57 Å². The Kier molecular flexibility index (Phi) is 9.57. The van der Waals surface area contributed by atoms with Gasteiger partial charge in [-0.15, -0.1) is 0 Å². The zero-order valence-electron chi connectivity index (χ0n) is 26.7. The van der Waals surface area contributed by atoms with Gasteiger partial charge in [0.15, 0.2) is 0 Å². The fourth-order valence-electron chi connectivity index (χ4n) is 5.89. The Morgan fingerprint density at radius 3 is 1.00 bits per heavy atom. The quantitative estimate of drug-likeness (QED) is 0.119. The first-order valence-electron chi connectivity index (χ1n) is 15.5. The molecule has 0 spiro atoms. The van der Waals surface area contributed by atoms with Crippen molar-refractivity contribution >= 4 is 16.7 Å². The van der Waals surface area contributed by atoms with Gasteiger partial charge in [0.2, 0.25) is 0 Å². The van der Waals surface area contributed by atoms with Gasteiger partial charge >= 0.3 is 0 Å². The molecule has 0 saturated carbocycles. The Hall–Kier alpha value is -6.62. The lowest BCUT2D eigenvalue weighted by Gasteiger charge is -2.19. The molecule has 48 heavy (non-hydrogen) atoms. The molecule has 6 rings (SSSR count). The van der Waals surface area contributed by atoms with Crippen molar-refractivity contribution in [2.24, 2.45) is 0 Å². The summed E-state index contributed by atoms with van der Waals surface area (Å²) >= 11 is 0. The van der Waals surface area contributed by atoms with Crippen LogP contribution in [0, 0.1) is 22.7 Å². The summed E-state index contributed by atoms with van der Waals surface area (Å²) in [6, 6.07) is 57.1. The predicted molar refractivity (Wildman–Crippen MR) is 193 cm³/mol. The Morgan fingerprint density at radius 2 is 0.667 bits per heavy atom. The van der Waals surface area contributed by atoms with E-state index in [0.717, 1.165) is 67.2 Å². The standard InChI is InChI=1S/C44H32N2O2/c1-47-40-25-21-37(22-26-40)44(38-23-27-41(48-2)28-24-38)43(34-11-7-4-8-12-34)36-19-15-32(16-20-36)31-13-17-35(18-14-31)42(39(29-45)30-46)33-9-5-3-6-10-33/h3-28H,1-2H3. The van der Waals surface area contributed by atoms with E-state index in [4.69, 9.17) is 9.47 Å². The number of allylic oxidation sites excluding steroid dienone is 1. The van der Waals surface area contributed by atoms with Crippen molar-refractivity contribution in [3.05, 3.63) is 197 Å². The Labute approximate surface area is 281 Å². The van der Waals surface area contributed by atoms with E-state index in [1.165, 1.54) is 0 Å². The maximum atomic E-state index is 9.69. The number of methoxy groups -OCH3 is 2. The summed E-state index contributed by atoms with van der Waals surface area (Å²) < 4.78 is 10.9. The van der Waals surface area contributed by atoms with Crippen LogP contribution in [0.4, 0.5) is 0 Å². The summed E-state index contributed by atoms with van der Waals surface area (Å²) in [4.78, 5) is 0. The third-order valence-electron chi connectivity index (χ3n) is 8.29. The zero-order valence-corrected chi connectivity index (χ0v) is 26.7. The van der Waals surface area contributed by atoms with Crippen molar-refractivity contribution in [3.8, 4) is 34.8 Å². The highest BCUT2D eigenvalue weighted by Crippen LogP contribution is 2.39. The summed E-state index contributed by atoms with van der Waals surface area (Å²) in [5.41, 5.74) is 10.9. The minimum Gasteiger partial charge on any atom is -0.497 e. The summed E-state index contributed by atoms with van der Waals surface area (Å²) in [6.07, 6.45) is 0. The second-order valence-electron chi connectivity index (χ2n) is 11.1. The number of nitriles is 2. The van der Waals surface area contributed by atoms with E-state index in [9.17, 15) is 10.5 Å². The van der Waals surface area contributed by atoms with Gasteiger partial charge in [-0.3, -0.25) is 0 Å². The molecule has 0 aromatic heterocycles. The smallest absolute Gasteiger partial charge is 0.138 e. The molecule has 6 aromatic carbocycles. The van der Waals surface area contributed by atoms with Crippen molar-refractivity contribution in [2.45, 2.75) is 0 Å². The van der Waals surface area contributed by atoms with Gasteiger partial charge in [-0.05, 0) is 79.9 Å². The monoisotopic (exact) mass is 620 g/mol. The molecule has 0 unspecified atom stereocenters. The van der Waals surface area contributed by atoms with Crippen LogP contribution in [0.25, 0.3) is 27.8 Å². The van der Waals surface area contributed by atoms with Crippen molar-refractivity contribution in [1.29, 1.82) is 10.5 Å². The van der Waals surface area contributed by atoms with Gasteiger partial charge in [0, 0.05) is 5.57 Å². The minimum atomic E-state index is 0.0862. The van der Waals surface area contributed by atoms with E-state index >= 15 is 0 Å². The average molecular weight is 621 g/mol. The third-order valence-corrected chi connectivity index (χ3v) is 8.29. The molecule has 0 radical (unpaired) electrons. The van der Waals surface area contributed by atoms with Crippen molar-refractivity contribution in [2.75, 3.05) is 14.2 Å². The van der Waals surface area contributed by atoms with Crippen LogP contribution >= 0.6 is 0 Å². The van der Waals surface area contributed by atoms with Crippen LogP contribution in [0.3, 0.4) is 0 Å². The van der Waals surface area contributed by atoms with Crippen LogP contribution in [0.15, 0.2) is 163 Å². The van der Waals surface area contributed by atoms with Crippen LogP contribution in [-0.2, 0) is 0 Å². The first-order valence-corrected chi connectivity index (χ1v) is 15.5. The van der Waals surface area contributed by atoms with Crippen LogP contribution in [-0.4, -0.2) is 14.2 Å². The van der Waals surface area contributed by atoms with E-state index in [2.05, 4.69) is 84.9 Å². The Bertz CT molecular complexity index is 2080. The molecule has 0 aliphatic rings. The lowest BCUT2D eigenvalue weighted by Crippen LogP contribution is -1.98. The second-order valence-corrected chi connectivity index (χ2v) is 11.1. The normalized spacial score (nSPS) is 10.2. The summed E-state index contributed by atoms with van der Waals surface area (Å²) in [7, 11) is 3.35. The second kappa shape index (κ2) is 14.6. The fourth-order valence-corrected chi connectivity index (χ4v) is 5.89. The molecule has 0 fully saturated rings. The minimum absolute atomic E-state index is 0.0862. The first-order chi connectivity index (χ1) is 23.6. The van der Waals surface area contributed by atoms with Crippen molar-refractivity contribution in [3.63, 3.8) is 0 Å². The fraction of sp³-hybridized carbons (Fsp3) is 0.0455. The highest BCUT2D eigenvalue weighted by Gasteiger charge is 2.17. The number of ether oxygens (including phenoxy) is 2. The average Bonchev–Trinajstić information content (AvgIpc) is 3.17. The van der Waals surface area contributed by atoms with E-state index < -0.39 is 0 Å². The first kappa shape index (κ1) is 31.4. The lowest BCUT2D eigenvalue weighted by atomic mass is 9.85. The molecule has 0 aliphatic heterocycles. The Morgan fingerprint density at radius 1 is 0.375 bits per heavy atom. The summed E-state index contributed by atoms with van der Waals surface area (Å²) in [5, 5.41) is 19.4. The van der Waals surface area contributed by atoms with E-state index in [0.29, 0.717) is 5.57 Å². The molecule has 0 aliphatic carbocycles. The van der Waals surface area contributed by atoms with Gasteiger partial charge in [0.25, 0.3) is 0 Å². The van der Waals surface area contributed by atoms with Crippen LogP contribution in [0.2, 0.25) is 0 Å². The molecule has 4 heteroatoms. The molecule has 0 atom stereocenters. The van der Waals surface area contributed by atoms with E-state index in [1.807, 2.05) is 84.9 Å². The number of benzene rings is 6. The lowest BCUT2D eigenvalue weighted by molar-refractivity contribution is 0.414. The summed E-state index contributed by atoms with van der Waals surface area (Å²) in [5.74, 6) is 1.60. The zero-order chi connectivity index (χ0) is 33.3. The van der Waals surface area contributed by atoms with Gasteiger partial charge in [-0.2, -0.15) is 10.5 Å². The van der Waals surface area contributed by atoms with E-state index in [1.54, 1.807) is 14.2 Å². The van der Waals surface area contributed by atoms with Crippen LogP contribution in [0.5, 0.6) is 11.5 Å². The molecule has 0 bridgehead atoms. The van der Waals surface area contributed by atoms with Gasteiger partial charge in [-0.1, -0.05) is 133 Å². The maximum absolute atomic E-state index is 9.69.